The van der Waals surface area contributed by atoms with Crippen LogP contribution in [0.3, 0.4) is 0 Å². The SMILES string of the molecule is CCCC(C)CCC1CC=C(C(C)(C)CC/C=C(\C)C(C)(C)C)CC1CCC(C)CCC. The Bertz CT molecular complexity index is 567. The van der Waals surface area contributed by atoms with Crippen LogP contribution in [0, 0.1) is 34.5 Å². The summed E-state index contributed by atoms with van der Waals surface area (Å²) in [7, 11) is 0. The third-order valence-corrected chi connectivity index (χ3v) is 8.71. The van der Waals surface area contributed by atoms with Gasteiger partial charge in [-0.25, -0.2) is 0 Å². The van der Waals surface area contributed by atoms with E-state index in [1.165, 1.54) is 82.6 Å². The molecule has 188 valence electrons. The first-order chi connectivity index (χ1) is 14.9. The summed E-state index contributed by atoms with van der Waals surface area (Å²) in [5.74, 6) is 3.63. The van der Waals surface area contributed by atoms with Crippen LogP contribution in [-0.2, 0) is 0 Å². The van der Waals surface area contributed by atoms with Crippen molar-refractivity contribution in [1.82, 2.24) is 0 Å². The van der Waals surface area contributed by atoms with Gasteiger partial charge < -0.3 is 0 Å². The maximum absolute atomic E-state index is 2.68. The van der Waals surface area contributed by atoms with Crippen molar-refractivity contribution in [2.75, 3.05) is 0 Å². The van der Waals surface area contributed by atoms with E-state index in [9.17, 15) is 0 Å². The van der Waals surface area contributed by atoms with Crippen molar-refractivity contribution in [1.29, 1.82) is 0 Å². The summed E-state index contributed by atoms with van der Waals surface area (Å²) in [5.41, 5.74) is 3.94. The topological polar surface area (TPSA) is 0 Å². The van der Waals surface area contributed by atoms with Crippen LogP contribution in [0.1, 0.15) is 146 Å². The standard InChI is InChI=1S/C32H60/c1-11-14-25(3)17-19-28-21-22-30(24-29(28)20-18-26(4)15-12-2)32(9,10)23-13-16-27(5)31(6,7)8/h16,22,25-26,28-29H,11-15,17-21,23-24H2,1-10H3/b27-16+. The molecule has 0 fully saturated rings. The Morgan fingerprint density at radius 2 is 1.44 bits per heavy atom. The molecule has 0 aromatic carbocycles. The lowest BCUT2D eigenvalue weighted by Crippen LogP contribution is -2.26. The molecule has 0 nitrogen and oxygen atoms in total. The summed E-state index contributed by atoms with van der Waals surface area (Å²) in [6.07, 6.45) is 21.6. The Labute approximate surface area is 204 Å². The van der Waals surface area contributed by atoms with Gasteiger partial charge in [-0.3, -0.25) is 0 Å². The molecule has 32 heavy (non-hydrogen) atoms. The predicted octanol–water partition coefficient (Wildman–Crippen LogP) is 11.2. The fraction of sp³-hybridized carbons (Fsp3) is 0.875. The van der Waals surface area contributed by atoms with Gasteiger partial charge in [0.15, 0.2) is 0 Å². The first-order valence-electron chi connectivity index (χ1n) is 14.3. The molecular weight excluding hydrogens is 384 g/mol. The van der Waals surface area contributed by atoms with Gasteiger partial charge in [0, 0.05) is 0 Å². The molecule has 0 heteroatoms. The van der Waals surface area contributed by atoms with Crippen LogP contribution in [0.15, 0.2) is 23.3 Å². The van der Waals surface area contributed by atoms with E-state index in [2.05, 4.69) is 81.4 Å². The highest BCUT2D eigenvalue weighted by Crippen LogP contribution is 2.45. The van der Waals surface area contributed by atoms with E-state index in [1.807, 2.05) is 0 Å². The van der Waals surface area contributed by atoms with Crippen LogP contribution in [-0.4, -0.2) is 0 Å². The minimum atomic E-state index is 0.302. The van der Waals surface area contributed by atoms with Gasteiger partial charge in [-0.15, -0.1) is 0 Å². The quantitative estimate of drug-likeness (QED) is 0.234. The van der Waals surface area contributed by atoms with Crippen molar-refractivity contribution in [3.8, 4) is 0 Å². The highest BCUT2D eigenvalue weighted by molar-refractivity contribution is 5.17. The van der Waals surface area contributed by atoms with Gasteiger partial charge in [0.25, 0.3) is 0 Å². The first-order valence-corrected chi connectivity index (χ1v) is 14.3. The molecular formula is C32H60. The Hall–Kier alpha value is -0.520. The first kappa shape index (κ1) is 29.5. The van der Waals surface area contributed by atoms with Gasteiger partial charge in [-0.1, -0.05) is 124 Å². The van der Waals surface area contributed by atoms with E-state index in [-0.39, 0.29) is 0 Å². The molecule has 0 N–H and O–H groups in total. The normalized spacial score (nSPS) is 22.6. The van der Waals surface area contributed by atoms with Crippen molar-refractivity contribution < 1.29 is 0 Å². The smallest absolute Gasteiger partial charge is 0.0142 e. The third kappa shape index (κ3) is 10.6. The van der Waals surface area contributed by atoms with Crippen molar-refractivity contribution in [2.45, 2.75) is 146 Å². The maximum Gasteiger partial charge on any atom is -0.0142 e. The highest BCUT2D eigenvalue weighted by Gasteiger charge is 2.32. The highest BCUT2D eigenvalue weighted by atomic mass is 14.4. The second-order valence-corrected chi connectivity index (χ2v) is 13.2. The summed E-state index contributed by atoms with van der Waals surface area (Å²) in [5, 5.41) is 0. The second kappa shape index (κ2) is 14.0. The van der Waals surface area contributed by atoms with Gasteiger partial charge in [0.2, 0.25) is 0 Å². The molecule has 0 amide bonds. The van der Waals surface area contributed by atoms with Crippen molar-refractivity contribution >= 4 is 0 Å². The van der Waals surface area contributed by atoms with E-state index >= 15 is 0 Å². The van der Waals surface area contributed by atoms with Crippen LogP contribution in [0.4, 0.5) is 0 Å². The molecule has 0 spiro atoms. The molecule has 0 bridgehead atoms. The van der Waals surface area contributed by atoms with Crippen molar-refractivity contribution in [3.63, 3.8) is 0 Å². The molecule has 1 aliphatic carbocycles. The predicted molar refractivity (Wildman–Crippen MR) is 147 cm³/mol. The Morgan fingerprint density at radius 3 is 1.94 bits per heavy atom. The maximum atomic E-state index is 2.68. The van der Waals surface area contributed by atoms with E-state index in [0.29, 0.717) is 10.8 Å². The van der Waals surface area contributed by atoms with Crippen molar-refractivity contribution in [3.05, 3.63) is 23.3 Å². The Kier molecular flexibility index (Phi) is 12.9. The molecule has 0 saturated carbocycles. The van der Waals surface area contributed by atoms with E-state index in [4.69, 9.17) is 0 Å². The molecule has 0 aromatic rings. The summed E-state index contributed by atoms with van der Waals surface area (Å²) in [6.45, 7) is 24.0. The number of hydrogen-bond donors (Lipinski definition) is 0. The van der Waals surface area contributed by atoms with Crippen LogP contribution in [0.2, 0.25) is 0 Å². The van der Waals surface area contributed by atoms with Gasteiger partial charge in [-0.2, -0.15) is 0 Å². The molecule has 0 aliphatic heterocycles. The lowest BCUT2D eigenvalue weighted by molar-refractivity contribution is 0.224. The summed E-state index contributed by atoms with van der Waals surface area (Å²) in [6, 6.07) is 0. The van der Waals surface area contributed by atoms with Crippen LogP contribution < -0.4 is 0 Å². The van der Waals surface area contributed by atoms with Crippen LogP contribution in [0.25, 0.3) is 0 Å². The van der Waals surface area contributed by atoms with Gasteiger partial charge in [0.1, 0.15) is 0 Å². The molecule has 4 unspecified atom stereocenters. The van der Waals surface area contributed by atoms with Gasteiger partial charge >= 0.3 is 0 Å². The zero-order chi connectivity index (χ0) is 24.4. The van der Waals surface area contributed by atoms with E-state index in [0.717, 1.165) is 23.7 Å². The molecule has 0 saturated heterocycles. The third-order valence-electron chi connectivity index (χ3n) is 8.71. The summed E-state index contributed by atoms with van der Waals surface area (Å²) in [4.78, 5) is 0. The number of rotatable bonds is 14. The number of hydrogen-bond acceptors (Lipinski definition) is 0. The van der Waals surface area contributed by atoms with Crippen molar-refractivity contribution in [2.24, 2.45) is 34.5 Å². The average molecular weight is 445 g/mol. The zero-order valence-corrected chi connectivity index (χ0v) is 23.9. The fourth-order valence-corrected chi connectivity index (χ4v) is 5.65. The fourth-order valence-electron chi connectivity index (χ4n) is 5.65. The lowest BCUT2D eigenvalue weighted by atomic mass is 9.67. The molecule has 1 rings (SSSR count). The lowest BCUT2D eigenvalue weighted by Gasteiger charge is -2.39. The Morgan fingerprint density at radius 1 is 0.906 bits per heavy atom. The Balaban J connectivity index is 2.82. The minimum Gasteiger partial charge on any atom is -0.0850 e. The number of allylic oxidation sites excluding steroid dienone is 4. The molecule has 0 heterocycles. The zero-order valence-electron chi connectivity index (χ0n) is 23.9. The molecule has 0 aromatic heterocycles. The summed E-state index contributed by atoms with van der Waals surface area (Å²) < 4.78 is 0. The largest absolute Gasteiger partial charge is 0.0850 e. The molecule has 0 radical (unpaired) electrons. The van der Waals surface area contributed by atoms with Crippen LogP contribution >= 0.6 is 0 Å². The second-order valence-electron chi connectivity index (χ2n) is 13.2. The minimum absolute atomic E-state index is 0.302. The average Bonchev–Trinajstić information content (AvgIpc) is 2.70. The monoisotopic (exact) mass is 444 g/mol. The summed E-state index contributed by atoms with van der Waals surface area (Å²) >= 11 is 0. The van der Waals surface area contributed by atoms with Gasteiger partial charge in [-0.05, 0) is 80.0 Å². The van der Waals surface area contributed by atoms with Gasteiger partial charge in [0.05, 0.1) is 0 Å². The molecule has 1 aliphatic rings. The van der Waals surface area contributed by atoms with E-state index < -0.39 is 0 Å². The van der Waals surface area contributed by atoms with Crippen LogP contribution in [0.5, 0.6) is 0 Å². The molecule has 4 atom stereocenters. The van der Waals surface area contributed by atoms with E-state index in [1.54, 1.807) is 5.57 Å².